The van der Waals surface area contributed by atoms with E-state index in [0.717, 1.165) is 36.5 Å². The number of benzene rings is 2. The van der Waals surface area contributed by atoms with Crippen molar-refractivity contribution in [3.05, 3.63) is 67.1 Å². The Morgan fingerprint density at radius 3 is 2.80 bits per heavy atom. The Hall–Kier alpha value is -4.27. The zero-order chi connectivity index (χ0) is 24.4. The lowest BCUT2D eigenvalue weighted by Crippen LogP contribution is -2.32. The molecule has 0 unspecified atom stereocenters. The molecule has 5 rings (SSSR count). The molecule has 1 aliphatic heterocycles. The van der Waals surface area contributed by atoms with Gasteiger partial charge in [-0.1, -0.05) is 19.6 Å². The van der Waals surface area contributed by atoms with Gasteiger partial charge in [-0.3, -0.25) is 9.89 Å². The molecule has 1 saturated heterocycles. The van der Waals surface area contributed by atoms with Crippen LogP contribution in [0.5, 0.6) is 0 Å². The van der Waals surface area contributed by atoms with E-state index < -0.39 is 5.82 Å². The minimum atomic E-state index is -0.477. The third-order valence-corrected chi connectivity index (χ3v) is 6.24. The summed E-state index contributed by atoms with van der Waals surface area (Å²) in [6, 6.07) is 12.4. The molecule has 0 radical (unpaired) electrons. The van der Waals surface area contributed by atoms with Crippen LogP contribution >= 0.6 is 0 Å². The number of piperidine rings is 1. The summed E-state index contributed by atoms with van der Waals surface area (Å²) in [5.74, 6) is 0.199. The number of halogens is 1. The van der Waals surface area contributed by atoms with Crippen LogP contribution in [0.1, 0.15) is 19.8 Å². The van der Waals surface area contributed by atoms with Crippen molar-refractivity contribution in [2.45, 2.75) is 19.8 Å². The summed E-state index contributed by atoms with van der Waals surface area (Å²) in [5, 5.41) is 13.4. The first-order valence-electron chi connectivity index (χ1n) is 11.6. The summed E-state index contributed by atoms with van der Waals surface area (Å²) in [4.78, 5) is 23.3. The molecule has 9 heteroatoms. The molecule has 0 saturated carbocycles. The fraction of sp³-hybridized carbons (Fsp3) is 0.231. The maximum absolute atomic E-state index is 14.9. The number of hydrogen-bond acceptors (Lipinski definition) is 6. The zero-order valence-electron chi connectivity index (χ0n) is 19.4. The Labute approximate surface area is 202 Å². The van der Waals surface area contributed by atoms with Crippen molar-refractivity contribution in [2.24, 2.45) is 5.92 Å². The molecule has 0 spiro atoms. The fourth-order valence-electron chi connectivity index (χ4n) is 4.25. The van der Waals surface area contributed by atoms with E-state index >= 15 is 0 Å². The monoisotopic (exact) mass is 471 g/mol. The third kappa shape index (κ3) is 4.84. The van der Waals surface area contributed by atoms with E-state index in [4.69, 9.17) is 0 Å². The first kappa shape index (κ1) is 22.5. The second kappa shape index (κ2) is 9.54. The number of nitrogens with one attached hydrogen (secondary N) is 3. The molecule has 0 bridgehead atoms. The van der Waals surface area contributed by atoms with Gasteiger partial charge >= 0.3 is 0 Å². The number of carbonyl (C=O) groups is 1. The Kier molecular flexibility index (Phi) is 6.13. The Morgan fingerprint density at radius 2 is 2.00 bits per heavy atom. The first-order valence-corrected chi connectivity index (χ1v) is 11.6. The van der Waals surface area contributed by atoms with E-state index in [-0.39, 0.29) is 11.5 Å². The van der Waals surface area contributed by atoms with E-state index in [9.17, 15) is 9.18 Å². The van der Waals surface area contributed by atoms with Gasteiger partial charge in [-0.25, -0.2) is 9.37 Å². The predicted octanol–water partition coefficient (Wildman–Crippen LogP) is 5.26. The SMILES string of the molecule is C=CC(=O)Nc1ccc(F)c(-c2nc(Nc3cccc(N4CCC(C)CC4)c3)nc3[nH]ncc23)c1. The van der Waals surface area contributed by atoms with Gasteiger partial charge in [0, 0.05) is 35.7 Å². The maximum Gasteiger partial charge on any atom is 0.247 e. The average molecular weight is 472 g/mol. The minimum absolute atomic E-state index is 0.222. The molecular weight excluding hydrogens is 445 g/mol. The Balaban J connectivity index is 1.48. The molecule has 3 N–H and O–H groups in total. The number of H-pyrrole nitrogens is 1. The number of hydrogen-bond donors (Lipinski definition) is 3. The highest BCUT2D eigenvalue weighted by atomic mass is 19.1. The molecule has 2 aromatic heterocycles. The molecule has 4 aromatic rings. The Bertz CT molecular complexity index is 1390. The van der Waals surface area contributed by atoms with Crippen molar-refractivity contribution in [3.8, 4) is 11.3 Å². The number of nitrogens with zero attached hydrogens (tertiary/aromatic N) is 4. The topological polar surface area (TPSA) is 98.8 Å². The van der Waals surface area contributed by atoms with Crippen molar-refractivity contribution < 1.29 is 9.18 Å². The summed E-state index contributed by atoms with van der Waals surface area (Å²) in [6.45, 7) is 7.80. The van der Waals surface area contributed by atoms with Crippen molar-refractivity contribution in [2.75, 3.05) is 28.6 Å². The van der Waals surface area contributed by atoms with Gasteiger partial charge in [0.05, 0.1) is 17.3 Å². The average Bonchev–Trinajstić information content (AvgIpc) is 3.34. The van der Waals surface area contributed by atoms with Gasteiger partial charge < -0.3 is 15.5 Å². The summed E-state index contributed by atoms with van der Waals surface area (Å²) in [7, 11) is 0. The molecule has 178 valence electrons. The molecule has 0 atom stereocenters. The van der Waals surface area contributed by atoms with Crippen LogP contribution in [0.4, 0.5) is 27.4 Å². The van der Waals surface area contributed by atoms with E-state index in [0.29, 0.717) is 28.4 Å². The minimum Gasteiger partial charge on any atom is -0.371 e. The van der Waals surface area contributed by atoms with Crippen LogP contribution in [0, 0.1) is 11.7 Å². The lowest BCUT2D eigenvalue weighted by Gasteiger charge is -2.32. The van der Waals surface area contributed by atoms with Crippen LogP contribution in [-0.2, 0) is 4.79 Å². The quantitative estimate of drug-likeness (QED) is 0.332. The molecule has 1 fully saturated rings. The predicted molar refractivity (Wildman–Crippen MR) is 136 cm³/mol. The standard InChI is InChI=1S/C26H26FN7O/c1-3-23(35)29-18-7-8-22(27)20(14-18)24-21-15-28-33-25(21)32-26(31-24)30-17-5-4-6-19(13-17)34-11-9-16(2)10-12-34/h3-8,13-16H,1,9-12H2,2H3,(H,29,35)(H2,28,30,31,32,33). The number of carbonyl (C=O) groups excluding carboxylic acids is 1. The van der Waals surface area contributed by atoms with E-state index in [1.165, 1.54) is 31.0 Å². The molecule has 8 nitrogen and oxygen atoms in total. The second-order valence-corrected chi connectivity index (χ2v) is 8.76. The highest BCUT2D eigenvalue weighted by molar-refractivity contribution is 6.00. The number of anilines is 4. The van der Waals surface area contributed by atoms with Crippen LogP contribution in [0.15, 0.2) is 61.3 Å². The van der Waals surface area contributed by atoms with Crippen molar-refractivity contribution in [3.63, 3.8) is 0 Å². The largest absolute Gasteiger partial charge is 0.371 e. The van der Waals surface area contributed by atoms with Crippen LogP contribution in [0.3, 0.4) is 0 Å². The van der Waals surface area contributed by atoms with E-state index in [1.807, 2.05) is 12.1 Å². The van der Waals surface area contributed by atoms with Crippen LogP contribution in [0.25, 0.3) is 22.3 Å². The Morgan fingerprint density at radius 1 is 1.17 bits per heavy atom. The molecular formula is C26H26FN7O. The number of aromatic amines is 1. The third-order valence-electron chi connectivity index (χ3n) is 6.24. The van der Waals surface area contributed by atoms with Crippen LogP contribution in [0.2, 0.25) is 0 Å². The van der Waals surface area contributed by atoms with Gasteiger partial charge in [0.1, 0.15) is 5.82 Å². The fourth-order valence-corrected chi connectivity index (χ4v) is 4.25. The van der Waals surface area contributed by atoms with Crippen LogP contribution in [-0.4, -0.2) is 39.2 Å². The molecule has 3 heterocycles. The lowest BCUT2D eigenvalue weighted by atomic mass is 9.99. The van der Waals surface area contributed by atoms with E-state index in [1.54, 1.807) is 6.20 Å². The second-order valence-electron chi connectivity index (χ2n) is 8.76. The zero-order valence-corrected chi connectivity index (χ0v) is 19.4. The highest BCUT2D eigenvalue weighted by Crippen LogP contribution is 2.32. The van der Waals surface area contributed by atoms with Gasteiger partial charge in [0.15, 0.2) is 5.65 Å². The normalized spacial score (nSPS) is 14.2. The maximum atomic E-state index is 14.9. The van der Waals surface area contributed by atoms with Crippen molar-refractivity contribution >= 4 is 40.0 Å². The van der Waals surface area contributed by atoms with E-state index in [2.05, 4.69) is 61.3 Å². The number of fused-ring (bicyclic) bond motifs is 1. The number of rotatable bonds is 6. The molecule has 35 heavy (non-hydrogen) atoms. The van der Waals surface area contributed by atoms with Gasteiger partial charge in [-0.2, -0.15) is 10.1 Å². The van der Waals surface area contributed by atoms with Gasteiger partial charge in [0.25, 0.3) is 0 Å². The number of aromatic nitrogens is 4. The smallest absolute Gasteiger partial charge is 0.247 e. The van der Waals surface area contributed by atoms with Gasteiger partial charge in [0.2, 0.25) is 11.9 Å². The highest BCUT2D eigenvalue weighted by Gasteiger charge is 2.18. The number of amides is 1. The summed E-state index contributed by atoms with van der Waals surface area (Å²) in [6.07, 6.45) is 5.07. The van der Waals surface area contributed by atoms with Crippen molar-refractivity contribution in [1.29, 1.82) is 0 Å². The lowest BCUT2D eigenvalue weighted by molar-refractivity contribution is -0.111. The molecule has 2 aromatic carbocycles. The first-order chi connectivity index (χ1) is 17.0. The summed E-state index contributed by atoms with van der Waals surface area (Å²) >= 11 is 0. The van der Waals surface area contributed by atoms with Crippen molar-refractivity contribution in [1.82, 2.24) is 20.2 Å². The summed E-state index contributed by atoms with van der Waals surface area (Å²) in [5.41, 5.74) is 3.46. The summed E-state index contributed by atoms with van der Waals surface area (Å²) < 4.78 is 14.9. The molecule has 1 aliphatic rings. The van der Waals surface area contributed by atoms with Gasteiger partial charge in [-0.15, -0.1) is 0 Å². The van der Waals surface area contributed by atoms with Crippen LogP contribution < -0.4 is 15.5 Å². The van der Waals surface area contributed by atoms with Gasteiger partial charge in [-0.05, 0) is 61.2 Å². The molecule has 1 amide bonds. The molecule has 0 aliphatic carbocycles.